The molecule has 1 saturated carbocycles. The molecule has 0 aliphatic heterocycles. The molecule has 1 fully saturated rings. The summed E-state index contributed by atoms with van der Waals surface area (Å²) in [5.74, 6) is 0.886. The van der Waals surface area contributed by atoms with Crippen LogP contribution in [-0.2, 0) is 0 Å². The molecule has 0 heterocycles. The Morgan fingerprint density at radius 1 is 1.33 bits per heavy atom. The molecular weight excluding hydrogens is 288 g/mol. The highest BCUT2D eigenvalue weighted by molar-refractivity contribution is 9.10. The van der Waals surface area contributed by atoms with Crippen LogP contribution in [0.2, 0.25) is 0 Å². The van der Waals surface area contributed by atoms with Crippen molar-refractivity contribution < 1.29 is 0 Å². The second kappa shape index (κ2) is 5.62. The number of nitrogens with zero attached hydrogens (tertiary/aromatic N) is 1. The fourth-order valence-electron chi connectivity index (χ4n) is 2.32. The van der Waals surface area contributed by atoms with E-state index in [0.717, 1.165) is 10.4 Å². The van der Waals surface area contributed by atoms with Crippen molar-refractivity contribution in [1.82, 2.24) is 0 Å². The van der Waals surface area contributed by atoms with Crippen LogP contribution >= 0.6 is 15.9 Å². The van der Waals surface area contributed by atoms with E-state index in [-0.39, 0.29) is 6.04 Å². The van der Waals surface area contributed by atoms with Crippen LogP contribution in [0.1, 0.15) is 45.2 Å². The summed E-state index contributed by atoms with van der Waals surface area (Å²) in [6, 6.07) is 7.05. The van der Waals surface area contributed by atoms with Crippen molar-refractivity contribution in [3.63, 3.8) is 0 Å². The number of hydrogen-bond donors (Lipinski definition) is 1. The second-order valence-corrected chi connectivity index (χ2v) is 6.60. The molecule has 1 aromatic carbocycles. The van der Waals surface area contributed by atoms with E-state index in [1.165, 1.54) is 30.6 Å². The van der Waals surface area contributed by atoms with Crippen LogP contribution in [0.25, 0.3) is 0 Å². The molecule has 0 spiro atoms. The van der Waals surface area contributed by atoms with Crippen molar-refractivity contribution in [2.45, 2.75) is 45.7 Å². The van der Waals surface area contributed by atoms with Gasteiger partial charge in [0.15, 0.2) is 0 Å². The Morgan fingerprint density at radius 2 is 2.00 bits per heavy atom. The minimum absolute atomic E-state index is 0.0675. The van der Waals surface area contributed by atoms with Crippen LogP contribution in [0.3, 0.4) is 0 Å². The maximum absolute atomic E-state index is 6.12. The molecule has 0 radical (unpaired) electrons. The Morgan fingerprint density at radius 3 is 2.50 bits per heavy atom. The zero-order chi connectivity index (χ0) is 13.3. The van der Waals surface area contributed by atoms with Crippen LogP contribution in [-0.4, -0.2) is 12.6 Å². The van der Waals surface area contributed by atoms with Crippen LogP contribution in [0.5, 0.6) is 0 Å². The van der Waals surface area contributed by atoms with Crippen molar-refractivity contribution in [3.05, 3.63) is 28.2 Å². The van der Waals surface area contributed by atoms with Crippen LogP contribution in [0.15, 0.2) is 22.7 Å². The third kappa shape index (κ3) is 3.27. The van der Waals surface area contributed by atoms with E-state index in [0.29, 0.717) is 6.04 Å². The van der Waals surface area contributed by atoms with Crippen molar-refractivity contribution in [3.8, 4) is 0 Å². The summed E-state index contributed by atoms with van der Waals surface area (Å²) in [5, 5.41) is 0. The number of hydrogen-bond acceptors (Lipinski definition) is 2. The third-order valence-electron chi connectivity index (χ3n) is 3.56. The molecule has 0 saturated heterocycles. The SMILES string of the molecule is CC(N)c1cc(Br)ccc1N(CC1CC1)C(C)C. The molecule has 18 heavy (non-hydrogen) atoms. The smallest absolute Gasteiger partial charge is 0.0417 e. The van der Waals surface area contributed by atoms with Crippen molar-refractivity contribution in [2.75, 3.05) is 11.4 Å². The molecule has 0 bridgehead atoms. The molecule has 1 aromatic rings. The van der Waals surface area contributed by atoms with E-state index in [9.17, 15) is 0 Å². The molecule has 0 amide bonds. The first-order valence-corrected chi connectivity index (χ1v) is 7.60. The standard InChI is InChI=1S/C15H23BrN2/c1-10(2)18(9-12-4-5-12)15-7-6-13(16)8-14(15)11(3)17/h6-8,10-12H,4-5,9,17H2,1-3H3. The summed E-state index contributed by atoms with van der Waals surface area (Å²) in [6.07, 6.45) is 2.76. The Kier molecular flexibility index (Phi) is 4.33. The molecular formula is C15H23BrN2. The summed E-state index contributed by atoms with van der Waals surface area (Å²) in [6.45, 7) is 7.74. The fourth-order valence-corrected chi connectivity index (χ4v) is 2.70. The summed E-state index contributed by atoms with van der Waals surface area (Å²) in [5.41, 5.74) is 8.66. The van der Waals surface area contributed by atoms with Gasteiger partial charge in [0, 0.05) is 28.8 Å². The molecule has 2 nitrogen and oxygen atoms in total. The van der Waals surface area contributed by atoms with E-state index in [1.807, 2.05) is 0 Å². The lowest BCUT2D eigenvalue weighted by Crippen LogP contribution is -2.34. The Bertz CT molecular complexity index is 411. The zero-order valence-corrected chi connectivity index (χ0v) is 13.1. The highest BCUT2D eigenvalue weighted by Gasteiger charge is 2.27. The average Bonchev–Trinajstić information content (AvgIpc) is 3.09. The minimum atomic E-state index is 0.0675. The Hall–Kier alpha value is -0.540. The van der Waals surface area contributed by atoms with Gasteiger partial charge in [0.1, 0.15) is 0 Å². The highest BCUT2D eigenvalue weighted by Crippen LogP contribution is 2.35. The van der Waals surface area contributed by atoms with Gasteiger partial charge in [-0.1, -0.05) is 15.9 Å². The first-order chi connectivity index (χ1) is 8.49. The highest BCUT2D eigenvalue weighted by atomic mass is 79.9. The van der Waals surface area contributed by atoms with Gasteiger partial charge in [-0.3, -0.25) is 0 Å². The van der Waals surface area contributed by atoms with Gasteiger partial charge in [0.25, 0.3) is 0 Å². The fraction of sp³-hybridized carbons (Fsp3) is 0.600. The molecule has 1 unspecified atom stereocenters. The van der Waals surface area contributed by atoms with Gasteiger partial charge >= 0.3 is 0 Å². The van der Waals surface area contributed by atoms with Crippen LogP contribution in [0.4, 0.5) is 5.69 Å². The van der Waals surface area contributed by atoms with Gasteiger partial charge in [0.05, 0.1) is 0 Å². The first-order valence-electron chi connectivity index (χ1n) is 6.80. The predicted octanol–water partition coefficient (Wildman–Crippen LogP) is 4.09. The summed E-state index contributed by atoms with van der Waals surface area (Å²) in [4.78, 5) is 2.50. The Balaban J connectivity index is 2.32. The topological polar surface area (TPSA) is 29.3 Å². The third-order valence-corrected chi connectivity index (χ3v) is 4.06. The lowest BCUT2D eigenvalue weighted by Gasteiger charge is -2.32. The Labute approximate surface area is 119 Å². The summed E-state index contributed by atoms with van der Waals surface area (Å²) in [7, 11) is 0. The molecule has 2 N–H and O–H groups in total. The average molecular weight is 311 g/mol. The van der Waals surface area contributed by atoms with E-state index in [2.05, 4.69) is 59.8 Å². The van der Waals surface area contributed by atoms with Gasteiger partial charge < -0.3 is 10.6 Å². The molecule has 1 atom stereocenters. The lowest BCUT2D eigenvalue weighted by molar-refractivity contribution is 0.637. The van der Waals surface area contributed by atoms with Crippen LogP contribution in [0, 0.1) is 5.92 Å². The largest absolute Gasteiger partial charge is 0.369 e. The number of anilines is 1. The van der Waals surface area contributed by atoms with Gasteiger partial charge in [-0.25, -0.2) is 0 Å². The number of benzene rings is 1. The van der Waals surface area contributed by atoms with E-state index >= 15 is 0 Å². The first kappa shape index (κ1) is 13.9. The normalized spacial score (nSPS) is 17.0. The van der Waals surface area contributed by atoms with E-state index in [1.54, 1.807) is 0 Å². The maximum Gasteiger partial charge on any atom is 0.0417 e. The molecule has 0 aromatic heterocycles. The van der Waals surface area contributed by atoms with E-state index < -0.39 is 0 Å². The number of rotatable bonds is 5. The summed E-state index contributed by atoms with van der Waals surface area (Å²) >= 11 is 3.54. The monoisotopic (exact) mass is 310 g/mol. The van der Waals surface area contributed by atoms with Gasteiger partial charge in [0.2, 0.25) is 0 Å². The second-order valence-electron chi connectivity index (χ2n) is 5.68. The minimum Gasteiger partial charge on any atom is -0.369 e. The molecule has 1 aliphatic carbocycles. The van der Waals surface area contributed by atoms with E-state index in [4.69, 9.17) is 5.73 Å². The van der Waals surface area contributed by atoms with Gasteiger partial charge in [-0.2, -0.15) is 0 Å². The van der Waals surface area contributed by atoms with Gasteiger partial charge in [-0.05, 0) is 63.3 Å². The lowest BCUT2D eigenvalue weighted by atomic mass is 10.0. The van der Waals surface area contributed by atoms with Crippen molar-refractivity contribution >= 4 is 21.6 Å². The molecule has 3 heteroatoms. The maximum atomic E-state index is 6.12. The predicted molar refractivity (Wildman–Crippen MR) is 82.0 cm³/mol. The number of nitrogens with two attached hydrogens (primary N) is 1. The quantitative estimate of drug-likeness (QED) is 0.887. The number of halogens is 1. The van der Waals surface area contributed by atoms with Crippen molar-refractivity contribution in [1.29, 1.82) is 0 Å². The van der Waals surface area contributed by atoms with Crippen LogP contribution < -0.4 is 10.6 Å². The molecule has 2 rings (SSSR count). The summed E-state index contributed by atoms with van der Waals surface area (Å²) < 4.78 is 1.11. The van der Waals surface area contributed by atoms with Crippen molar-refractivity contribution in [2.24, 2.45) is 11.7 Å². The molecule has 1 aliphatic rings. The van der Waals surface area contributed by atoms with Gasteiger partial charge in [-0.15, -0.1) is 0 Å². The zero-order valence-electron chi connectivity index (χ0n) is 11.5. The molecule has 100 valence electrons.